The summed E-state index contributed by atoms with van der Waals surface area (Å²) >= 11 is 0. The third kappa shape index (κ3) is 1.88. The molecule has 0 aliphatic carbocycles. The van der Waals surface area contributed by atoms with Gasteiger partial charge in [-0.05, 0) is 38.3 Å². The second-order valence-corrected chi connectivity index (χ2v) is 4.41. The van der Waals surface area contributed by atoms with Crippen LogP contribution in [0, 0.1) is 11.3 Å². The molecule has 0 amide bonds. The van der Waals surface area contributed by atoms with E-state index in [1.807, 2.05) is 12.3 Å². The summed E-state index contributed by atoms with van der Waals surface area (Å²) in [7, 11) is 0. The maximum Gasteiger partial charge on any atom is 0.140 e. The molecule has 84 valence electrons. The molecule has 1 aromatic rings. The minimum Gasteiger partial charge on any atom is -0.365 e. The first-order valence-electron chi connectivity index (χ1n) is 5.90. The first-order chi connectivity index (χ1) is 7.76. The Morgan fingerprint density at radius 2 is 2.31 bits per heavy atom. The van der Waals surface area contributed by atoms with Gasteiger partial charge in [-0.25, -0.2) is 4.98 Å². The summed E-state index contributed by atoms with van der Waals surface area (Å²) in [5, 5.41) is 8.72. The Morgan fingerprint density at radius 1 is 1.50 bits per heavy atom. The van der Waals surface area contributed by atoms with Crippen LogP contribution in [0.25, 0.3) is 0 Å². The van der Waals surface area contributed by atoms with Crippen LogP contribution >= 0.6 is 0 Å². The first kappa shape index (κ1) is 10.9. The molecule has 3 nitrogen and oxygen atoms in total. The van der Waals surface area contributed by atoms with Crippen molar-refractivity contribution in [3.05, 3.63) is 24.0 Å². The fourth-order valence-corrected chi connectivity index (χ4v) is 2.54. The predicted octanol–water partition coefficient (Wildman–Crippen LogP) is 2.72. The van der Waals surface area contributed by atoms with Gasteiger partial charge in [0.1, 0.15) is 11.8 Å². The maximum absolute atomic E-state index is 8.72. The van der Waals surface area contributed by atoms with Gasteiger partial charge < -0.3 is 4.90 Å². The van der Waals surface area contributed by atoms with E-state index in [2.05, 4.69) is 29.8 Å². The van der Waals surface area contributed by atoms with Crippen LogP contribution in [0.1, 0.15) is 38.8 Å². The summed E-state index contributed by atoms with van der Waals surface area (Å²) in [5.41, 5.74) is 1.64. The molecule has 3 heteroatoms. The van der Waals surface area contributed by atoms with Crippen LogP contribution in [0.4, 0.5) is 5.69 Å². The quantitative estimate of drug-likeness (QED) is 0.761. The van der Waals surface area contributed by atoms with E-state index in [0.717, 1.165) is 5.69 Å². The molecule has 1 aliphatic rings. The van der Waals surface area contributed by atoms with Gasteiger partial charge in [-0.15, -0.1) is 0 Å². The number of pyridine rings is 1. The molecule has 2 heterocycles. The molecule has 2 rings (SSSR count). The first-order valence-corrected chi connectivity index (χ1v) is 5.90. The smallest absolute Gasteiger partial charge is 0.140 e. The van der Waals surface area contributed by atoms with E-state index in [1.165, 1.54) is 19.3 Å². The highest BCUT2D eigenvalue weighted by atomic mass is 15.2. The van der Waals surface area contributed by atoms with Crippen LogP contribution in [0.2, 0.25) is 0 Å². The molecule has 16 heavy (non-hydrogen) atoms. The lowest BCUT2D eigenvalue weighted by Crippen LogP contribution is -2.34. The van der Waals surface area contributed by atoms with Crippen LogP contribution in [-0.4, -0.2) is 17.1 Å². The van der Waals surface area contributed by atoms with Crippen LogP contribution < -0.4 is 4.90 Å². The van der Waals surface area contributed by atoms with Gasteiger partial charge in [0.15, 0.2) is 0 Å². The fourth-order valence-electron chi connectivity index (χ4n) is 2.54. The van der Waals surface area contributed by atoms with Crippen LogP contribution in [0.3, 0.4) is 0 Å². The highest BCUT2D eigenvalue weighted by molar-refractivity contribution is 5.49. The fraction of sp³-hybridized carbons (Fsp3) is 0.538. The zero-order chi connectivity index (χ0) is 11.5. The summed E-state index contributed by atoms with van der Waals surface area (Å²) in [6.07, 6.45) is 5.50. The number of nitrogens with zero attached hydrogens (tertiary/aromatic N) is 3. The number of nitriles is 1. The van der Waals surface area contributed by atoms with Gasteiger partial charge in [-0.2, -0.15) is 5.26 Å². The van der Waals surface area contributed by atoms with Crippen molar-refractivity contribution in [2.45, 2.75) is 45.2 Å². The maximum atomic E-state index is 8.72. The molecule has 0 radical (unpaired) electrons. The summed E-state index contributed by atoms with van der Waals surface area (Å²) < 4.78 is 0. The minimum absolute atomic E-state index is 0.489. The van der Waals surface area contributed by atoms with Gasteiger partial charge >= 0.3 is 0 Å². The average molecular weight is 215 g/mol. The summed E-state index contributed by atoms with van der Waals surface area (Å²) in [5.74, 6) is 0. The molecule has 0 saturated carbocycles. The Bertz CT molecular complexity index is 391. The zero-order valence-electron chi connectivity index (χ0n) is 9.85. The van der Waals surface area contributed by atoms with E-state index in [4.69, 9.17) is 5.26 Å². The van der Waals surface area contributed by atoms with Crippen molar-refractivity contribution in [1.82, 2.24) is 4.98 Å². The molecule has 1 saturated heterocycles. The monoisotopic (exact) mass is 215 g/mol. The molecule has 0 N–H and O–H groups in total. The number of hydrogen-bond acceptors (Lipinski definition) is 3. The number of aromatic nitrogens is 1. The second kappa shape index (κ2) is 4.52. The minimum atomic E-state index is 0.489. The highest BCUT2D eigenvalue weighted by Gasteiger charge is 2.29. The lowest BCUT2D eigenvalue weighted by molar-refractivity contribution is 0.627. The molecule has 1 aliphatic heterocycles. The van der Waals surface area contributed by atoms with Gasteiger partial charge in [-0.3, -0.25) is 0 Å². The molecule has 0 spiro atoms. The van der Waals surface area contributed by atoms with E-state index in [9.17, 15) is 0 Å². The van der Waals surface area contributed by atoms with Crippen molar-refractivity contribution < 1.29 is 0 Å². The van der Waals surface area contributed by atoms with Gasteiger partial charge in [-0.1, -0.05) is 6.92 Å². The van der Waals surface area contributed by atoms with E-state index in [1.54, 1.807) is 6.07 Å². The van der Waals surface area contributed by atoms with E-state index >= 15 is 0 Å². The Balaban J connectivity index is 2.25. The Morgan fingerprint density at radius 3 is 2.88 bits per heavy atom. The summed E-state index contributed by atoms with van der Waals surface area (Å²) in [6.45, 7) is 4.49. The molecule has 2 atom stereocenters. The summed E-state index contributed by atoms with van der Waals surface area (Å²) in [6, 6.07) is 7.07. The van der Waals surface area contributed by atoms with Gasteiger partial charge in [0.2, 0.25) is 0 Å². The normalized spacial score (nSPS) is 24.4. The Kier molecular flexibility index (Phi) is 3.09. The van der Waals surface area contributed by atoms with Crippen LogP contribution in [0.5, 0.6) is 0 Å². The molecule has 1 aromatic heterocycles. The van der Waals surface area contributed by atoms with Crippen molar-refractivity contribution in [3.63, 3.8) is 0 Å². The number of hydrogen-bond donors (Lipinski definition) is 0. The lowest BCUT2D eigenvalue weighted by Gasteiger charge is -2.29. The predicted molar refractivity (Wildman–Crippen MR) is 64.2 cm³/mol. The number of anilines is 1. The SMILES string of the molecule is CCC1CCC(C)N1c1ccc(C#N)nc1. The summed E-state index contributed by atoms with van der Waals surface area (Å²) in [4.78, 5) is 6.58. The average Bonchev–Trinajstić information content (AvgIpc) is 2.70. The van der Waals surface area contributed by atoms with Crippen molar-refractivity contribution in [1.29, 1.82) is 5.26 Å². The third-order valence-corrected chi connectivity index (χ3v) is 3.42. The third-order valence-electron chi connectivity index (χ3n) is 3.42. The van der Waals surface area contributed by atoms with Gasteiger partial charge in [0.05, 0.1) is 11.9 Å². The second-order valence-electron chi connectivity index (χ2n) is 4.41. The standard InChI is InChI=1S/C13H17N3/c1-3-12-6-4-10(2)16(12)13-7-5-11(8-14)15-9-13/h5,7,9-10,12H,3-4,6H2,1-2H3. The molecular formula is C13H17N3. The highest BCUT2D eigenvalue weighted by Crippen LogP contribution is 2.31. The molecule has 0 aromatic carbocycles. The lowest BCUT2D eigenvalue weighted by atomic mass is 10.1. The number of rotatable bonds is 2. The van der Waals surface area contributed by atoms with Crippen LogP contribution in [-0.2, 0) is 0 Å². The Hall–Kier alpha value is -1.56. The zero-order valence-corrected chi connectivity index (χ0v) is 9.85. The van der Waals surface area contributed by atoms with Crippen molar-refractivity contribution >= 4 is 5.69 Å². The Labute approximate surface area is 96.7 Å². The largest absolute Gasteiger partial charge is 0.365 e. The van der Waals surface area contributed by atoms with E-state index in [0.29, 0.717) is 17.8 Å². The van der Waals surface area contributed by atoms with Crippen molar-refractivity contribution in [2.75, 3.05) is 4.90 Å². The van der Waals surface area contributed by atoms with E-state index < -0.39 is 0 Å². The topological polar surface area (TPSA) is 39.9 Å². The van der Waals surface area contributed by atoms with Gasteiger partial charge in [0, 0.05) is 12.1 Å². The van der Waals surface area contributed by atoms with Gasteiger partial charge in [0.25, 0.3) is 0 Å². The van der Waals surface area contributed by atoms with Crippen LogP contribution in [0.15, 0.2) is 18.3 Å². The van der Waals surface area contributed by atoms with Crippen molar-refractivity contribution in [3.8, 4) is 6.07 Å². The van der Waals surface area contributed by atoms with Crippen molar-refractivity contribution in [2.24, 2.45) is 0 Å². The molecule has 1 fully saturated rings. The van der Waals surface area contributed by atoms with E-state index in [-0.39, 0.29) is 0 Å². The molecule has 0 bridgehead atoms. The molecule has 2 unspecified atom stereocenters. The molecular weight excluding hydrogens is 198 g/mol.